The third-order valence-corrected chi connectivity index (χ3v) is 7.73. The summed E-state index contributed by atoms with van der Waals surface area (Å²) < 4.78 is 0. The summed E-state index contributed by atoms with van der Waals surface area (Å²) in [4.78, 5) is 8.12. The molecule has 3 nitrogen and oxygen atoms in total. The van der Waals surface area contributed by atoms with E-state index >= 15 is 0 Å². The Morgan fingerprint density at radius 3 is 2.04 bits per heavy atom. The van der Waals surface area contributed by atoms with E-state index in [1.807, 2.05) is 0 Å². The van der Waals surface area contributed by atoms with Gasteiger partial charge >= 0.3 is 0 Å². The zero-order valence-corrected chi connectivity index (χ0v) is 17.7. The molecule has 0 bridgehead atoms. The van der Waals surface area contributed by atoms with Crippen molar-refractivity contribution in [3.63, 3.8) is 0 Å². The summed E-state index contributed by atoms with van der Waals surface area (Å²) in [5.74, 6) is 0.892. The molecule has 23 heavy (non-hydrogen) atoms. The van der Waals surface area contributed by atoms with Crippen LogP contribution in [-0.4, -0.2) is 70.4 Å². The standard InChI is InChI=1S/C18H37N3S2/c1-14(2)20-9-7-17(8-10-20)13-19-11-15(3)21(16(4)12-19)18(5,6)23-22/h14-17,22H,7-13H2,1-6H3/t15-,16+. The monoisotopic (exact) mass is 359 g/mol. The molecule has 0 aliphatic carbocycles. The van der Waals surface area contributed by atoms with Crippen LogP contribution in [0, 0.1) is 5.92 Å². The normalized spacial score (nSPS) is 30.3. The number of nitrogens with zero attached hydrogens (tertiary/aromatic N) is 3. The molecule has 2 aliphatic rings. The molecule has 2 fully saturated rings. The molecule has 5 heteroatoms. The number of hydrogen-bond acceptors (Lipinski definition) is 5. The Morgan fingerprint density at radius 2 is 1.61 bits per heavy atom. The molecule has 0 amide bonds. The van der Waals surface area contributed by atoms with Crippen molar-refractivity contribution < 1.29 is 0 Å². The van der Waals surface area contributed by atoms with Crippen LogP contribution in [0.2, 0.25) is 0 Å². The molecular formula is C18H37N3S2. The molecule has 0 aromatic rings. The van der Waals surface area contributed by atoms with Crippen molar-refractivity contribution >= 4 is 22.5 Å². The van der Waals surface area contributed by atoms with Crippen LogP contribution in [0.1, 0.15) is 54.4 Å². The van der Waals surface area contributed by atoms with Crippen molar-refractivity contribution in [3.8, 4) is 0 Å². The Kier molecular flexibility index (Phi) is 7.19. The fourth-order valence-corrected chi connectivity index (χ4v) is 5.44. The van der Waals surface area contributed by atoms with Gasteiger partial charge in [-0.2, -0.15) is 0 Å². The second kappa shape index (κ2) is 8.31. The zero-order valence-electron chi connectivity index (χ0n) is 16.0. The van der Waals surface area contributed by atoms with E-state index in [2.05, 4.69) is 67.9 Å². The number of likely N-dealkylation sites (tertiary alicyclic amines) is 1. The Labute approximate surface area is 153 Å². The van der Waals surface area contributed by atoms with Crippen LogP contribution in [-0.2, 0) is 0 Å². The van der Waals surface area contributed by atoms with E-state index in [1.54, 1.807) is 10.8 Å². The van der Waals surface area contributed by atoms with Gasteiger partial charge in [-0.15, -0.1) is 11.7 Å². The van der Waals surface area contributed by atoms with E-state index in [0.29, 0.717) is 18.1 Å². The van der Waals surface area contributed by atoms with E-state index in [1.165, 1.54) is 45.6 Å². The smallest absolute Gasteiger partial charge is 0.0719 e. The minimum atomic E-state index is 0.108. The van der Waals surface area contributed by atoms with Crippen LogP contribution in [0.4, 0.5) is 0 Å². The first-order valence-electron chi connectivity index (χ1n) is 9.32. The minimum Gasteiger partial charge on any atom is -0.301 e. The van der Waals surface area contributed by atoms with Crippen molar-refractivity contribution in [2.24, 2.45) is 5.92 Å². The van der Waals surface area contributed by atoms with Gasteiger partial charge in [0.25, 0.3) is 0 Å². The number of thiol groups is 1. The summed E-state index contributed by atoms with van der Waals surface area (Å²) in [6, 6.07) is 1.91. The van der Waals surface area contributed by atoms with Crippen LogP contribution < -0.4 is 0 Å². The Bertz CT molecular complexity index is 355. The van der Waals surface area contributed by atoms with Gasteiger partial charge in [0.15, 0.2) is 0 Å². The summed E-state index contributed by atoms with van der Waals surface area (Å²) in [6.07, 6.45) is 2.75. The zero-order chi connectivity index (χ0) is 17.2. The molecule has 2 saturated heterocycles. The summed E-state index contributed by atoms with van der Waals surface area (Å²) in [7, 11) is 1.68. The lowest BCUT2D eigenvalue weighted by atomic mass is 9.94. The molecular weight excluding hydrogens is 322 g/mol. The van der Waals surface area contributed by atoms with Gasteiger partial charge in [0.1, 0.15) is 0 Å². The predicted molar refractivity (Wildman–Crippen MR) is 107 cm³/mol. The van der Waals surface area contributed by atoms with Crippen LogP contribution >= 0.6 is 22.5 Å². The highest BCUT2D eigenvalue weighted by Gasteiger charge is 2.39. The van der Waals surface area contributed by atoms with Crippen LogP contribution in [0.3, 0.4) is 0 Å². The summed E-state index contributed by atoms with van der Waals surface area (Å²) in [6.45, 7) is 20.3. The van der Waals surface area contributed by atoms with E-state index in [-0.39, 0.29) is 4.87 Å². The molecule has 0 spiro atoms. The van der Waals surface area contributed by atoms with Gasteiger partial charge in [0.2, 0.25) is 0 Å². The van der Waals surface area contributed by atoms with Crippen molar-refractivity contribution in [3.05, 3.63) is 0 Å². The fourth-order valence-electron chi connectivity index (χ4n) is 4.71. The molecule has 2 atom stereocenters. The van der Waals surface area contributed by atoms with E-state index in [9.17, 15) is 0 Å². The molecule has 0 radical (unpaired) electrons. The second-order valence-electron chi connectivity index (χ2n) is 8.43. The molecule has 2 heterocycles. The third-order valence-electron chi connectivity index (χ3n) is 5.74. The van der Waals surface area contributed by atoms with Crippen molar-refractivity contribution in [1.82, 2.24) is 14.7 Å². The Balaban J connectivity index is 1.85. The highest BCUT2D eigenvalue weighted by atomic mass is 33.1. The minimum absolute atomic E-state index is 0.108. The highest BCUT2D eigenvalue weighted by molar-refractivity contribution is 8.69. The van der Waals surface area contributed by atoms with Gasteiger partial charge in [0, 0.05) is 37.8 Å². The first-order chi connectivity index (χ1) is 10.7. The first-order valence-corrected chi connectivity index (χ1v) is 11.2. The van der Waals surface area contributed by atoms with Gasteiger partial charge in [-0.1, -0.05) is 10.8 Å². The van der Waals surface area contributed by atoms with E-state index in [4.69, 9.17) is 0 Å². The maximum absolute atomic E-state index is 4.50. The average Bonchev–Trinajstić information content (AvgIpc) is 2.46. The van der Waals surface area contributed by atoms with Gasteiger partial charge in [0.05, 0.1) is 4.87 Å². The van der Waals surface area contributed by atoms with Gasteiger partial charge in [-0.05, 0) is 73.4 Å². The second-order valence-corrected chi connectivity index (χ2v) is 10.2. The predicted octanol–water partition coefficient (Wildman–Crippen LogP) is 3.82. The van der Waals surface area contributed by atoms with E-state index in [0.717, 1.165) is 5.92 Å². The number of piperazine rings is 1. The van der Waals surface area contributed by atoms with Gasteiger partial charge in [-0.3, -0.25) is 9.80 Å². The highest BCUT2D eigenvalue weighted by Crippen LogP contribution is 2.36. The lowest BCUT2D eigenvalue weighted by molar-refractivity contribution is -0.00481. The average molecular weight is 360 g/mol. The third kappa shape index (κ3) is 5.04. The van der Waals surface area contributed by atoms with Crippen LogP contribution in [0.15, 0.2) is 0 Å². The van der Waals surface area contributed by atoms with Gasteiger partial charge in [-0.25, -0.2) is 0 Å². The quantitative estimate of drug-likeness (QED) is 0.590. The van der Waals surface area contributed by atoms with Crippen molar-refractivity contribution in [2.75, 3.05) is 32.7 Å². The molecule has 0 unspecified atom stereocenters. The van der Waals surface area contributed by atoms with Crippen molar-refractivity contribution in [1.29, 1.82) is 0 Å². The molecule has 2 rings (SSSR count). The molecule has 0 N–H and O–H groups in total. The summed E-state index contributed by atoms with van der Waals surface area (Å²) >= 11 is 4.50. The van der Waals surface area contributed by atoms with Crippen LogP contribution in [0.5, 0.6) is 0 Å². The maximum Gasteiger partial charge on any atom is 0.0719 e. The maximum atomic E-state index is 4.50. The van der Waals surface area contributed by atoms with E-state index < -0.39 is 0 Å². The lowest BCUT2D eigenvalue weighted by Crippen LogP contribution is -2.62. The Morgan fingerprint density at radius 1 is 1.09 bits per heavy atom. The number of hydrogen-bond donors (Lipinski definition) is 1. The molecule has 136 valence electrons. The first kappa shape index (κ1) is 19.9. The largest absolute Gasteiger partial charge is 0.301 e. The number of rotatable bonds is 5. The Hall–Kier alpha value is 0.580. The SMILES string of the molecule is CC(C)N1CCC(CN2C[C@@H](C)N(C(C)(C)SS)[C@@H](C)C2)CC1. The number of piperidine rings is 1. The lowest BCUT2D eigenvalue weighted by Gasteiger charge is -2.51. The molecule has 0 aromatic carbocycles. The molecule has 2 aliphatic heterocycles. The summed E-state index contributed by atoms with van der Waals surface area (Å²) in [5, 5.41) is 0. The topological polar surface area (TPSA) is 9.72 Å². The molecule has 0 saturated carbocycles. The fraction of sp³-hybridized carbons (Fsp3) is 1.00. The summed E-state index contributed by atoms with van der Waals surface area (Å²) in [5.41, 5.74) is 0. The van der Waals surface area contributed by atoms with Crippen LogP contribution in [0.25, 0.3) is 0 Å². The van der Waals surface area contributed by atoms with Gasteiger partial charge < -0.3 is 4.90 Å². The van der Waals surface area contributed by atoms with Crippen molar-refractivity contribution in [2.45, 2.75) is 77.4 Å². The molecule has 0 aromatic heterocycles.